The highest BCUT2D eigenvalue weighted by molar-refractivity contribution is 5.42. The average Bonchev–Trinajstić information content (AvgIpc) is 2.82. The van der Waals surface area contributed by atoms with Gasteiger partial charge in [0.15, 0.2) is 0 Å². The summed E-state index contributed by atoms with van der Waals surface area (Å²) in [7, 11) is 0. The van der Waals surface area contributed by atoms with Crippen molar-refractivity contribution in [2.75, 3.05) is 37.0 Å². The fourth-order valence-corrected chi connectivity index (χ4v) is 1.51. The van der Waals surface area contributed by atoms with Gasteiger partial charge < -0.3 is 15.9 Å². The lowest BCUT2D eigenvalue weighted by atomic mass is 10.6. The van der Waals surface area contributed by atoms with Crippen LogP contribution in [0.15, 0.2) is 12.5 Å². The van der Waals surface area contributed by atoms with E-state index in [4.69, 9.17) is 15.9 Å². The Balaban J connectivity index is 2.35. The largest absolute Gasteiger partial charge is 0.394 e. The molecule has 2 heterocycles. The zero-order valence-corrected chi connectivity index (χ0v) is 8.69. The monoisotopic (exact) mass is 226 g/mol. The second kappa shape index (κ2) is 4.37. The van der Waals surface area contributed by atoms with Crippen molar-refractivity contribution in [3.63, 3.8) is 0 Å². The third-order valence-electron chi connectivity index (χ3n) is 2.25. The smallest absolute Gasteiger partial charge is 0.253 e. The molecule has 0 spiro atoms. The van der Waals surface area contributed by atoms with Crippen molar-refractivity contribution in [2.24, 2.45) is 0 Å². The summed E-state index contributed by atoms with van der Waals surface area (Å²) in [6, 6.07) is 0. The molecule has 0 fully saturated rings. The molecule has 0 saturated heterocycles. The summed E-state index contributed by atoms with van der Waals surface area (Å²) in [5.74, 6) is 1.05. The molecule has 88 valence electrons. The highest BCUT2D eigenvalue weighted by Crippen LogP contribution is 2.07. The maximum atomic E-state index is 8.92. The van der Waals surface area contributed by atoms with Gasteiger partial charge in [-0.1, -0.05) is 0 Å². The Hall–Kier alpha value is -1.80. The van der Waals surface area contributed by atoms with Gasteiger partial charge in [0.1, 0.15) is 12.1 Å². The van der Waals surface area contributed by atoms with E-state index in [2.05, 4.69) is 10.1 Å². The molecular weight excluding hydrogens is 212 g/mol. The number of imidazole rings is 1. The van der Waals surface area contributed by atoms with Gasteiger partial charge in [-0.25, -0.2) is 4.98 Å². The van der Waals surface area contributed by atoms with Crippen molar-refractivity contribution < 1.29 is 10.2 Å². The Kier molecular flexibility index (Phi) is 2.93. The number of aliphatic hydroxyl groups is 2. The summed E-state index contributed by atoms with van der Waals surface area (Å²) in [6.45, 7) is 0.680. The summed E-state index contributed by atoms with van der Waals surface area (Å²) in [6.07, 6.45) is 3.07. The highest BCUT2D eigenvalue weighted by atomic mass is 16.3. The van der Waals surface area contributed by atoms with E-state index in [0.29, 0.717) is 24.7 Å². The molecular formula is C8H14N6O2. The summed E-state index contributed by atoms with van der Waals surface area (Å²) in [5, 5.41) is 23.6. The highest BCUT2D eigenvalue weighted by Gasteiger charge is 2.12. The molecule has 8 heteroatoms. The maximum Gasteiger partial charge on any atom is 0.253 e. The number of nitrogens with two attached hydrogens (primary N) is 1. The number of rotatable bonds is 5. The zero-order valence-electron chi connectivity index (χ0n) is 8.69. The van der Waals surface area contributed by atoms with E-state index < -0.39 is 0 Å². The fourth-order valence-electron chi connectivity index (χ4n) is 1.51. The molecule has 2 aromatic heterocycles. The number of nitrogens with zero attached hydrogens (tertiary/aromatic N) is 5. The third kappa shape index (κ3) is 1.68. The molecule has 0 aliphatic rings. The number of aliphatic hydroxyl groups excluding tert-OH is 2. The average molecular weight is 226 g/mol. The van der Waals surface area contributed by atoms with Crippen molar-refractivity contribution in [3.8, 4) is 0 Å². The Bertz CT molecular complexity index is 458. The van der Waals surface area contributed by atoms with Crippen LogP contribution in [0.2, 0.25) is 0 Å². The van der Waals surface area contributed by atoms with Gasteiger partial charge in [0, 0.05) is 0 Å². The molecule has 0 radical (unpaired) electrons. The van der Waals surface area contributed by atoms with Gasteiger partial charge in [0.25, 0.3) is 5.78 Å². The zero-order chi connectivity index (χ0) is 11.5. The minimum atomic E-state index is -0.0256. The van der Waals surface area contributed by atoms with Gasteiger partial charge >= 0.3 is 0 Å². The van der Waals surface area contributed by atoms with E-state index in [1.54, 1.807) is 15.7 Å². The third-order valence-corrected chi connectivity index (χ3v) is 2.25. The standard InChI is InChI=1S/C8H14N6O2/c9-7-5-10-8-13(7)6-11-14(8)12(1-3-15)2-4-16/h5-6,15-16H,1-4,9H2. The Morgan fingerprint density at radius 1 is 1.31 bits per heavy atom. The second-order valence-corrected chi connectivity index (χ2v) is 3.27. The van der Waals surface area contributed by atoms with E-state index in [9.17, 15) is 0 Å². The quantitative estimate of drug-likeness (QED) is 0.546. The van der Waals surface area contributed by atoms with Crippen LogP contribution >= 0.6 is 0 Å². The first kappa shape index (κ1) is 10.7. The van der Waals surface area contributed by atoms with Gasteiger partial charge in [-0.2, -0.15) is 0 Å². The SMILES string of the molecule is Nc1cnc2n(N(CCO)CCO)ncn12. The van der Waals surface area contributed by atoms with Crippen LogP contribution in [0.3, 0.4) is 0 Å². The van der Waals surface area contributed by atoms with Crippen molar-refractivity contribution in [1.82, 2.24) is 19.3 Å². The maximum absolute atomic E-state index is 8.92. The summed E-state index contributed by atoms with van der Waals surface area (Å²) < 4.78 is 1.63. The molecule has 0 atom stereocenters. The van der Waals surface area contributed by atoms with Crippen molar-refractivity contribution in [2.45, 2.75) is 0 Å². The number of aromatic nitrogens is 4. The van der Waals surface area contributed by atoms with Crippen LogP contribution in [0, 0.1) is 0 Å². The van der Waals surface area contributed by atoms with Crippen LogP contribution in [-0.2, 0) is 0 Å². The Morgan fingerprint density at radius 3 is 2.62 bits per heavy atom. The van der Waals surface area contributed by atoms with Crippen molar-refractivity contribution >= 4 is 11.6 Å². The van der Waals surface area contributed by atoms with Gasteiger partial charge in [-0.15, -0.1) is 9.89 Å². The van der Waals surface area contributed by atoms with Crippen LogP contribution in [0.5, 0.6) is 0 Å². The van der Waals surface area contributed by atoms with Gasteiger partial charge in [0.05, 0.1) is 32.5 Å². The molecule has 0 bridgehead atoms. The lowest BCUT2D eigenvalue weighted by molar-refractivity contribution is 0.262. The molecule has 8 nitrogen and oxygen atoms in total. The predicted molar refractivity (Wildman–Crippen MR) is 57.5 cm³/mol. The first-order valence-electron chi connectivity index (χ1n) is 4.91. The van der Waals surface area contributed by atoms with Gasteiger partial charge in [-0.3, -0.25) is 9.41 Å². The summed E-state index contributed by atoms with van der Waals surface area (Å²) in [4.78, 5) is 5.61. The summed E-state index contributed by atoms with van der Waals surface area (Å²) >= 11 is 0. The minimum absolute atomic E-state index is 0.0256. The topological polar surface area (TPSA) is 105 Å². The molecule has 4 N–H and O–H groups in total. The summed E-state index contributed by atoms with van der Waals surface area (Å²) in [5.41, 5.74) is 5.67. The molecule has 0 aromatic carbocycles. The van der Waals surface area contributed by atoms with Crippen LogP contribution in [0.1, 0.15) is 0 Å². The number of anilines is 1. The number of fused-ring (bicyclic) bond motifs is 1. The van der Waals surface area contributed by atoms with E-state index in [0.717, 1.165) is 0 Å². The molecule has 0 aliphatic carbocycles. The minimum Gasteiger partial charge on any atom is -0.394 e. The van der Waals surface area contributed by atoms with E-state index in [1.165, 1.54) is 11.0 Å². The van der Waals surface area contributed by atoms with Crippen LogP contribution in [0.4, 0.5) is 5.82 Å². The van der Waals surface area contributed by atoms with Crippen LogP contribution in [-0.4, -0.2) is 55.8 Å². The predicted octanol–water partition coefficient (Wildman–Crippen LogP) is -1.96. The first-order valence-corrected chi connectivity index (χ1v) is 4.91. The number of hydrogen-bond donors (Lipinski definition) is 3. The first-order chi connectivity index (χ1) is 7.77. The van der Waals surface area contributed by atoms with Crippen LogP contribution < -0.4 is 10.7 Å². The Morgan fingerprint density at radius 2 is 2.00 bits per heavy atom. The van der Waals surface area contributed by atoms with Crippen LogP contribution in [0.25, 0.3) is 5.78 Å². The fraction of sp³-hybridized carbons (Fsp3) is 0.500. The van der Waals surface area contributed by atoms with Crippen molar-refractivity contribution in [3.05, 3.63) is 12.5 Å². The van der Waals surface area contributed by atoms with E-state index in [1.807, 2.05) is 0 Å². The normalized spacial score (nSPS) is 11.1. The van der Waals surface area contributed by atoms with Gasteiger partial charge in [0.2, 0.25) is 0 Å². The molecule has 0 amide bonds. The lowest BCUT2D eigenvalue weighted by Crippen LogP contribution is -2.40. The molecule has 2 aromatic rings. The van der Waals surface area contributed by atoms with Crippen molar-refractivity contribution in [1.29, 1.82) is 0 Å². The molecule has 0 aliphatic heterocycles. The lowest BCUT2D eigenvalue weighted by Gasteiger charge is -2.21. The van der Waals surface area contributed by atoms with E-state index in [-0.39, 0.29) is 13.2 Å². The molecule has 2 rings (SSSR count). The number of hydrogen-bond acceptors (Lipinski definition) is 6. The molecule has 16 heavy (non-hydrogen) atoms. The van der Waals surface area contributed by atoms with E-state index >= 15 is 0 Å². The van der Waals surface area contributed by atoms with Gasteiger partial charge in [-0.05, 0) is 0 Å². The molecule has 0 saturated carbocycles. The molecule has 0 unspecified atom stereocenters. The Labute approximate surface area is 91.5 Å². The second-order valence-electron chi connectivity index (χ2n) is 3.27. The number of nitrogen functional groups attached to an aromatic ring is 1.